The van der Waals surface area contributed by atoms with Gasteiger partial charge in [0.25, 0.3) is 0 Å². The maximum absolute atomic E-state index is 12.6. The molecule has 1 aliphatic rings. The summed E-state index contributed by atoms with van der Waals surface area (Å²) in [5, 5.41) is 0. The fraction of sp³-hybridized carbons (Fsp3) is 0.333. The van der Waals surface area contributed by atoms with E-state index in [1.54, 1.807) is 6.20 Å². The van der Waals surface area contributed by atoms with Crippen LogP contribution in [0.15, 0.2) is 44.7 Å². The highest BCUT2D eigenvalue weighted by atomic mass is 32.2. The zero-order valence-electron chi connectivity index (χ0n) is 14.7. The number of oxazole rings is 1. The molecule has 0 aliphatic heterocycles. The zero-order valence-corrected chi connectivity index (χ0v) is 16.4. The standard InChI is InChI=1S/C18H15F3N2O2S2.H2O/c1-2-27(24)15-7-11(10-3-4-10)9-22-16(15)17-23-13-8-12(26-18(19,20)21)5-6-14(13)25-17;/h5-10H,2-4H2,1H3;1H2. The summed E-state index contributed by atoms with van der Waals surface area (Å²) in [6.07, 6.45) is 3.94. The van der Waals surface area contributed by atoms with Crippen molar-refractivity contribution in [2.24, 2.45) is 0 Å². The average Bonchev–Trinajstić information content (AvgIpc) is 3.38. The number of pyridine rings is 1. The van der Waals surface area contributed by atoms with Crippen molar-refractivity contribution in [2.45, 2.75) is 41.0 Å². The molecular formula is C18H17F3N2O3S2. The van der Waals surface area contributed by atoms with Gasteiger partial charge in [-0.25, -0.2) is 9.97 Å². The molecule has 1 saturated carbocycles. The molecular weight excluding hydrogens is 413 g/mol. The third kappa shape index (κ3) is 4.39. The monoisotopic (exact) mass is 430 g/mol. The van der Waals surface area contributed by atoms with E-state index in [0.717, 1.165) is 18.4 Å². The van der Waals surface area contributed by atoms with E-state index >= 15 is 0 Å². The Bertz CT molecular complexity index is 1030. The predicted molar refractivity (Wildman–Crippen MR) is 102 cm³/mol. The van der Waals surface area contributed by atoms with Crippen LogP contribution in [0, 0.1) is 0 Å². The lowest BCUT2D eigenvalue weighted by Crippen LogP contribution is -2.01. The van der Waals surface area contributed by atoms with Gasteiger partial charge in [-0.2, -0.15) is 13.2 Å². The fourth-order valence-corrected chi connectivity index (χ4v) is 4.30. The predicted octanol–water partition coefficient (Wildman–Crippen LogP) is 4.68. The third-order valence-corrected chi connectivity index (χ3v) is 6.27. The van der Waals surface area contributed by atoms with Crippen LogP contribution in [0.25, 0.3) is 22.7 Å². The molecule has 0 radical (unpaired) electrons. The minimum Gasteiger partial charge on any atom is -0.435 e. The van der Waals surface area contributed by atoms with Gasteiger partial charge in [-0.3, -0.25) is 4.21 Å². The van der Waals surface area contributed by atoms with E-state index in [-0.39, 0.29) is 28.0 Å². The summed E-state index contributed by atoms with van der Waals surface area (Å²) in [4.78, 5) is 9.30. The van der Waals surface area contributed by atoms with E-state index in [1.807, 2.05) is 13.0 Å². The van der Waals surface area contributed by atoms with Crippen molar-refractivity contribution in [2.75, 3.05) is 5.75 Å². The van der Waals surface area contributed by atoms with Gasteiger partial charge < -0.3 is 9.89 Å². The number of thioether (sulfide) groups is 1. The number of hydrogen-bond donors (Lipinski definition) is 0. The van der Waals surface area contributed by atoms with Crippen molar-refractivity contribution in [1.29, 1.82) is 0 Å². The summed E-state index contributed by atoms with van der Waals surface area (Å²) < 4.78 is 55.9. The lowest BCUT2D eigenvalue weighted by atomic mass is 10.2. The number of nitrogens with zero attached hydrogens (tertiary/aromatic N) is 2. The number of hydrogen-bond acceptors (Lipinski definition) is 5. The molecule has 1 aliphatic carbocycles. The second kappa shape index (κ2) is 7.84. The molecule has 2 heterocycles. The average molecular weight is 430 g/mol. The van der Waals surface area contributed by atoms with E-state index in [9.17, 15) is 17.4 Å². The molecule has 1 aromatic carbocycles. The van der Waals surface area contributed by atoms with Crippen molar-refractivity contribution >= 4 is 33.7 Å². The number of rotatable bonds is 5. The van der Waals surface area contributed by atoms with Gasteiger partial charge in [-0.1, -0.05) is 6.92 Å². The Kier molecular flexibility index (Phi) is 5.83. The maximum atomic E-state index is 12.6. The van der Waals surface area contributed by atoms with Crippen molar-refractivity contribution in [1.82, 2.24) is 9.97 Å². The van der Waals surface area contributed by atoms with Gasteiger partial charge in [0.2, 0.25) is 5.89 Å². The maximum Gasteiger partial charge on any atom is 0.446 e. The van der Waals surface area contributed by atoms with Gasteiger partial charge in [0, 0.05) is 16.8 Å². The lowest BCUT2D eigenvalue weighted by Gasteiger charge is -2.07. The molecule has 3 aromatic rings. The third-order valence-electron chi connectivity index (χ3n) is 4.23. The molecule has 1 unspecified atom stereocenters. The first-order valence-electron chi connectivity index (χ1n) is 8.39. The van der Waals surface area contributed by atoms with Gasteiger partial charge >= 0.3 is 5.51 Å². The van der Waals surface area contributed by atoms with E-state index in [0.29, 0.717) is 33.4 Å². The fourth-order valence-electron chi connectivity index (χ4n) is 2.79. The molecule has 2 N–H and O–H groups in total. The molecule has 150 valence electrons. The molecule has 0 spiro atoms. The smallest absolute Gasteiger partial charge is 0.435 e. The van der Waals surface area contributed by atoms with Gasteiger partial charge in [0.1, 0.15) is 11.2 Å². The largest absolute Gasteiger partial charge is 0.446 e. The molecule has 1 fully saturated rings. The van der Waals surface area contributed by atoms with Crippen LogP contribution in [0.4, 0.5) is 13.2 Å². The highest BCUT2D eigenvalue weighted by Gasteiger charge is 2.30. The molecule has 0 bridgehead atoms. The second-order valence-electron chi connectivity index (χ2n) is 6.22. The summed E-state index contributed by atoms with van der Waals surface area (Å²) in [6, 6.07) is 6.01. The highest BCUT2D eigenvalue weighted by Crippen LogP contribution is 2.42. The minimum atomic E-state index is -4.37. The molecule has 28 heavy (non-hydrogen) atoms. The highest BCUT2D eigenvalue weighted by molar-refractivity contribution is 8.00. The van der Waals surface area contributed by atoms with Crippen LogP contribution in [0.2, 0.25) is 0 Å². The van der Waals surface area contributed by atoms with Crippen LogP contribution in [-0.2, 0) is 10.8 Å². The quantitative estimate of drug-likeness (QED) is 0.549. The molecule has 10 heteroatoms. The van der Waals surface area contributed by atoms with Crippen molar-refractivity contribution in [3.63, 3.8) is 0 Å². The van der Waals surface area contributed by atoms with Crippen LogP contribution in [-0.4, -0.2) is 30.9 Å². The van der Waals surface area contributed by atoms with Crippen LogP contribution >= 0.6 is 11.8 Å². The first-order chi connectivity index (χ1) is 12.8. The van der Waals surface area contributed by atoms with Crippen molar-refractivity contribution in [3.05, 3.63) is 36.0 Å². The molecule has 5 nitrogen and oxygen atoms in total. The normalized spacial score (nSPS) is 15.4. The lowest BCUT2D eigenvalue weighted by molar-refractivity contribution is -0.0328. The summed E-state index contributed by atoms with van der Waals surface area (Å²) in [7, 11) is -1.26. The van der Waals surface area contributed by atoms with Crippen LogP contribution < -0.4 is 0 Å². The van der Waals surface area contributed by atoms with E-state index in [4.69, 9.17) is 4.42 Å². The Morgan fingerprint density at radius 1 is 1.29 bits per heavy atom. The summed E-state index contributed by atoms with van der Waals surface area (Å²) >= 11 is -0.202. The molecule has 1 atom stereocenters. The van der Waals surface area contributed by atoms with E-state index in [1.165, 1.54) is 18.2 Å². The molecule has 0 amide bonds. The van der Waals surface area contributed by atoms with Crippen LogP contribution in [0.1, 0.15) is 31.2 Å². The number of aromatic nitrogens is 2. The number of alkyl halides is 3. The van der Waals surface area contributed by atoms with Crippen LogP contribution in [0.5, 0.6) is 0 Å². The molecule has 0 saturated heterocycles. The number of benzene rings is 1. The summed E-state index contributed by atoms with van der Waals surface area (Å²) in [5.41, 5.74) is -2.28. The topological polar surface area (TPSA) is 87.5 Å². The first-order valence-corrected chi connectivity index (χ1v) is 10.5. The van der Waals surface area contributed by atoms with Gasteiger partial charge in [-0.05, 0) is 60.4 Å². The first kappa shape index (κ1) is 20.8. The molecule has 2 aromatic heterocycles. The van der Waals surface area contributed by atoms with Crippen molar-refractivity contribution < 1.29 is 27.3 Å². The Hall–Kier alpha value is -1.91. The number of halogens is 3. The van der Waals surface area contributed by atoms with Gasteiger partial charge in [-0.15, -0.1) is 0 Å². The molecule has 4 rings (SSSR count). The van der Waals surface area contributed by atoms with E-state index in [2.05, 4.69) is 9.97 Å². The Balaban J connectivity index is 0.00000225. The van der Waals surface area contributed by atoms with Gasteiger partial charge in [0.15, 0.2) is 5.58 Å². The minimum absolute atomic E-state index is 0. The zero-order chi connectivity index (χ0) is 19.2. The Morgan fingerprint density at radius 2 is 2.04 bits per heavy atom. The Labute approximate surface area is 165 Å². The van der Waals surface area contributed by atoms with Gasteiger partial charge in [0.05, 0.1) is 15.7 Å². The van der Waals surface area contributed by atoms with Crippen LogP contribution in [0.3, 0.4) is 0 Å². The summed E-state index contributed by atoms with van der Waals surface area (Å²) in [6.45, 7) is 1.82. The number of fused-ring (bicyclic) bond motifs is 1. The summed E-state index contributed by atoms with van der Waals surface area (Å²) in [5.74, 6) is 1.05. The SMILES string of the molecule is CCS(=O)c1cc(C2CC2)cnc1-c1nc2cc(SC(F)(F)F)ccc2o1.O. The van der Waals surface area contributed by atoms with E-state index < -0.39 is 16.3 Å². The Morgan fingerprint density at radius 3 is 2.68 bits per heavy atom. The van der Waals surface area contributed by atoms with Crippen molar-refractivity contribution in [3.8, 4) is 11.6 Å². The second-order valence-corrected chi connectivity index (χ2v) is 9.07.